The Hall–Kier alpha value is -0.960. The van der Waals surface area contributed by atoms with Crippen molar-refractivity contribution < 1.29 is 22.2 Å². The number of nitrogens with zero attached hydrogens (tertiary/aromatic N) is 2. The van der Waals surface area contributed by atoms with Gasteiger partial charge in [-0.3, -0.25) is 9.59 Å². The molecule has 0 aromatic carbocycles. The predicted molar refractivity (Wildman–Crippen MR) is 107 cm³/mol. The van der Waals surface area contributed by atoms with E-state index < -0.39 is 25.5 Å². The number of carbonyl (C=O) groups is 2. The van der Waals surface area contributed by atoms with E-state index in [9.17, 15) is 22.2 Å². The SMILES string of the molecule is O=C(CC1CCS(=O)(=O)C1)N=S1(=O)CCCN(C(=O)C2CCCC23CC3)CC1. The smallest absolute Gasteiger partial charge is 0.254 e. The maximum Gasteiger partial charge on any atom is 0.254 e. The summed E-state index contributed by atoms with van der Waals surface area (Å²) >= 11 is 0. The molecule has 28 heavy (non-hydrogen) atoms. The third kappa shape index (κ3) is 4.30. The first-order chi connectivity index (χ1) is 13.2. The third-order valence-electron chi connectivity index (χ3n) is 7.04. The number of hydrogen-bond acceptors (Lipinski definition) is 5. The second-order valence-electron chi connectivity index (χ2n) is 9.13. The predicted octanol–water partition coefficient (Wildman–Crippen LogP) is 1.62. The van der Waals surface area contributed by atoms with Crippen LogP contribution < -0.4 is 0 Å². The number of amides is 2. The van der Waals surface area contributed by atoms with Gasteiger partial charge in [0.05, 0.1) is 21.2 Å². The Morgan fingerprint density at radius 3 is 2.43 bits per heavy atom. The monoisotopic (exact) mass is 430 g/mol. The maximum atomic E-state index is 13.1. The van der Waals surface area contributed by atoms with E-state index in [2.05, 4.69) is 4.36 Å². The van der Waals surface area contributed by atoms with Gasteiger partial charge in [0, 0.05) is 36.9 Å². The molecule has 0 radical (unpaired) electrons. The number of rotatable bonds is 3. The zero-order valence-electron chi connectivity index (χ0n) is 16.3. The van der Waals surface area contributed by atoms with Crippen molar-refractivity contribution in [2.45, 2.75) is 51.4 Å². The minimum absolute atomic E-state index is 0.0286. The van der Waals surface area contributed by atoms with Gasteiger partial charge < -0.3 is 4.90 Å². The summed E-state index contributed by atoms with van der Waals surface area (Å²) in [5.74, 6) is 0.422. The highest BCUT2D eigenvalue weighted by Gasteiger charge is 2.55. The summed E-state index contributed by atoms with van der Waals surface area (Å²) in [5.41, 5.74) is 0.257. The average Bonchev–Trinajstić information content (AvgIpc) is 3.19. The molecule has 9 heteroatoms. The van der Waals surface area contributed by atoms with Gasteiger partial charge in [-0.15, -0.1) is 0 Å². The normalized spacial score (nSPS) is 36.2. The molecule has 4 rings (SSSR count). The maximum absolute atomic E-state index is 13.1. The molecule has 2 aliphatic carbocycles. The molecule has 2 aliphatic heterocycles. The first kappa shape index (κ1) is 20.3. The summed E-state index contributed by atoms with van der Waals surface area (Å²) < 4.78 is 40.2. The van der Waals surface area contributed by atoms with E-state index in [0.717, 1.165) is 32.1 Å². The summed E-state index contributed by atoms with van der Waals surface area (Å²) in [6, 6.07) is 0. The van der Waals surface area contributed by atoms with Crippen molar-refractivity contribution in [1.29, 1.82) is 0 Å². The molecular weight excluding hydrogens is 400 g/mol. The van der Waals surface area contributed by atoms with Crippen LogP contribution >= 0.6 is 0 Å². The zero-order chi connectivity index (χ0) is 20.0. The van der Waals surface area contributed by atoms with Crippen molar-refractivity contribution in [2.24, 2.45) is 21.6 Å². The van der Waals surface area contributed by atoms with Gasteiger partial charge in [0.25, 0.3) is 5.91 Å². The highest BCUT2D eigenvalue weighted by Crippen LogP contribution is 2.61. The Morgan fingerprint density at radius 1 is 0.964 bits per heavy atom. The van der Waals surface area contributed by atoms with Crippen molar-refractivity contribution in [3.63, 3.8) is 0 Å². The molecule has 3 unspecified atom stereocenters. The van der Waals surface area contributed by atoms with Crippen molar-refractivity contribution in [3.8, 4) is 0 Å². The lowest BCUT2D eigenvalue weighted by Gasteiger charge is -2.27. The van der Waals surface area contributed by atoms with E-state index in [0.29, 0.717) is 31.7 Å². The van der Waals surface area contributed by atoms with E-state index >= 15 is 0 Å². The van der Waals surface area contributed by atoms with E-state index in [-0.39, 0.29) is 46.8 Å². The first-order valence-electron chi connectivity index (χ1n) is 10.4. The Morgan fingerprint density at radius 2 is 1.75 bits per heavy atom. The molecule has 0 aromatic heterocycles. The van der Waals surface area contributed by atoms with Crippen molar-refractivity contribution in [1.82, 2.24) is 4.90 Å². The molecule has 0 bridgehead atoms. The molecule has 7 nitrogen and oxygen atoms in total. The lowest BCUT2D eigenvalue weighted by molar-refractivity contribution is -0.136. The van der Waals surface area contributed by atoms with Gasteiger partial charge in [-0.1, -0.05) is 6.42 Å². The molecule has 1 spiro atoms. The fourth-order valence-corrected chi connectivity index (χ4v) is 9.05. The average molecular weight is 431 g/mol. The van der Waals surface area contributed by atoms with Gasteiger partial charge in [0.15, 0.2) is 9.84 Å². The molecule has 2 saturated heterocycles. The van der Waals surface area contributed by atoms with Crippen molar-refractivity contribution in [2.75, 3.05) is 36.1 Å². The second-order valence-corrected chi connectivity index (χ2v) is 13.9. The fraction of sp³-hybridized carbons (Fsp3) is 0.895. The number of hydrogen-bond donors (Lipinski definition) is 0. The molecule has 0 N–H and O–H groups in total. The fourth-order valence-electron chi connectivity index (χ4n) is 5.27. The first-order valence-corrected chi connectivity index (χ1v) is 14.1. The summed E-state index contributed by atoms with van der Waals surface area (Å²) in [4.78, 5) is 27.2. The molecule has 2 amide bonds. The lowest BCUT2D eigenvalue weighted by Crippen LogP contribution is -2.39. The second kappa shape index (κ2) is 7.38. The Labute approximate surface area is 167 Å². The van der Waals surface area contributed by atoms with Gasteiger partial charge in [-0.2, -0.15) is 4.36 Å². The van der Waals surface area contributed by atoms with Crippen molar-refractivity contribution >= 4 is 31.4 Å². The number of carbonyl (C=O) groups excluding carboxylic acids is 2. The Kier molecular flexibility index (Phi) is 5.35. The highest BCUT2D eigenvalue weighted by atomic mass is 32.2. The summed E-state index contributed by atoms with van der Waals surface area (Å²) in [7, 11) is -5.70. The summed E-state index contributed by atoms with van der Waals surface area (Å²) in [5, 5.41) is 0. The van der Waals surface area contributed by atoms with Gasteiger partial charge in [-0.05, 0) is 49.9 Å². The molecule has 4 fully saturated rings. The van der Waals surface area contributed by atoms with Crippen LogP contribution in [0.1, 0.15) is 51.4 Å². The van der Waals surface area contributed by atoms with Gasteiger partial charge in [0.2, 0.25) is 5.91 Å². The Balaban J connectivity index is 1.37. The third-order valence-corrected chi connectivity index (χ3v) is 11.2. The molecular formula is C19H30N2O5S2. The van der Waals surface area contributed by atoms with E-state index in [1.54, 1.807) is 0 Å². The van der Waals surface area contributed by atoms with E-state index in [4.69, 9.17) is 0 Å². The van der Waals surface area contributed by atoms with E-state index in [1.165, 1.54) is 0 Å². The van der Waals surface area contributed by atoms with Crippen LogP contribution in [0.4, 0.5) is 0 Å². The molecule has 2 saturated carbocycles. The molecule has 158 valence electrons. The van der Waals surface area contributed by atoms with Crippen LogP contribution in [0.2, 0.25) is 0 Å². The minimum atomic E-state index is -3.03. The minimum Gasteiger partial charge on any atom is -0.341 e. The van der Waals surface area contributed by atoms with Crippen LogP contribution in [0.25, 0.3) is 0 Å². The molecule has 4 aliphatic rings. The van der Waals surface area contributed by atoms with Crippen LogP contribution in [0.5, 0.6) is 0 Å². The summed E-state index contributed by atoms with van der Waals surface area (Å²) in [6.07, 6.45) is 6.72. The number of sulfone groups is 1. The van der Waals surface area contributed by atoms with Crippen LogP contribution in [0.3, 0.4) is 0 Å². The topological polar surface area (TPSA) is 101 Å². The van der Waals surface area contributed by atoms with Crippen LogP contribution in [-0.4, -0.2) is 65.4 Å². The molecule has 2 heterocycles. The van der Waals surface area contributed by atoms with Crippen LogP contribution in [-0.2, 0) is 29.2 Å². The van der Waals surface area contributed by atoms with Gasteiger partial charge >= 0.3 is 0 Å². The zero-order valence-corrected chi connectivity index (χ0v) is 17.9. The Bertz CT molecular complexity index is 884. The quantitative estimate of drug-likeness (QED) is 0.677. The standard InChI is InChI=1S/C19H30N2O5S2/c22-17(13-15-4-11-28(25,26)14-15)20-27(24)10-2-8-21(9-12-27)18(23)16-3-1-5-19(16)6-7-19/h15-16H,1-14H2. The summed E-state index contributed by atoms with van der Waals surface area (Å²) in [6.45, 7) is 0.992. The van der Waals surface area contributed by atoms with Gasteiger partial charge in [-0.25, -0.2) is 12.6 Å². The van der Waals surface area contributed by atoms with Crippen molar-refractivity contribution in [3.05, 3.63) is 0 Å². The van der Waals surface area contributed by atoms with Crippen LogP contribution in [0, 0.1) is 17.3 Å². The van der Waals surface area contributed by atoms with Crippen LogP contribution in [0.15, 0.2) is 4.36 Å². The molecule has 3 atom stereocenters. The van der Waals surface area contributed by atoms with Gasteiger partial charge in [0.1, 0.15) is 0 Å². The van der Waals surface area contributed by atoms with E-state index in [1.807, 2.05) is 4.90 Å². The highest BCUT2D eigenvalue weighted by molar-refractivity contribution is 7.93. The largest absolute Gasteiger partial charge is 0.341 e. The molecule has 0 aromatic rings. The lowest BCUT2D eigenvalue weighted by atomic mass is 9.91.